The fraction of sp³-hybridized carbons (Fsp3) is 0.273. The average Bonchev–Trinajstić information content (AvgIpc) is 3.84. The van der Waals surface area contributed by atoms with Crippen LogP contribution in [0.25, 0.3) is 43.8 Å². The maximum atomic E-state index is 9.38. The molecule has 0 heterocycles. The quantitative estimate of drug-likeness (QED) is 0.0560. The van der Waals surface area contributed by atoms with Gasteiger partial charge in [-0.1, -0.05) is 126 Å². The summed E-state index contributed by atoms with van der Waals surface area (Å²) in [6, 6.07) is 40.4. The van der Waals surface area contributed by atoms with E-state index in [1.165, 1.54) is 78.9 Å². The molecule has 6 rings (SSSR count). The van der Waals surface area contributed by atoms with Crippen molar-refractivity contribution in [1.82, 2.24) is 10.5 Å². The van der Waals surface area contributed by atoms with E-state index in [4.69, 9.17) is 17.0 Å². The second-order valence-corrected chi connectivity index (χ2v) is 16.4. The fourth-order valence-corrected chi connectivity index (χ4v) is 6.32. The summed E-state index contributed by atoms with van der Waals surface area (Å²) in [5.41, 5.74) is 11.3. The van der Waals surface area contributed by atoms with Gasteiger partial charge in [0.15, 0.2) is 12.8 Å². The van der Waals surface area contributed by atoms with Gasteiger partial charge in [-0.05, 0) is 46.9 Å². The summed E-state index contributed by atoms with van der Waals surface area (Å²) >= 11 is -0.826. The Morgan fingerprint density at radius 3 is 1.33 bits per heavy atom. The van der Waals surface area contributed by atoms with E-state index in [1.54, 1.807) is 0 Å². The van der Waals surface area contributed by atoms with Gasteiger partial charge in [-0.2, -0.15) is 12.1 Å². The normalized spacial score (nSPS) is 11.3. The van der Waals surface area contributed by atoms with Crippen molar-refractivity contribution in [1.29, 1.82) is 0 Å². The summed E-state index contributed by atoms with van der Waals surface area (Å²) in [6.07, 6.45) is 5.44. The number of carbonyl (C=O) groups excluding carboxylic acids is 2. The molecule has 2 N–H and O–H groups in total. The van der Waals surface area contributed by atoms with Gasteiger partial charge in [0.1, 0.15) is 0 Å². The standard InChI is InChI=1S/2C21H23.C2H4BN2O2.2ClH.Zr/c2*1-4-15(3)18-13-17-10-8-12-20(21(17)14-18)19-11-7-6-9-16(19)5-2;6-1-4-3-5-2-7;;;/h2*6-15H,4-5H2,1-3H3;1-2H,(H,4,6)(H,5,7);2*1H;/q2*-1;;;;+4/p-2. The molecule has 0 bridgehead atoms. The van der Waals surface area contributed by atoms with Crippen LogP contribution in [-0.4, -0.2) is 20.4 Å². The van der Waals surface area contributed by atoms with Crippen LogP contribution < -0.4 is 10.5 Å². The van der Waals surface area contributed by atoms with Gasteiger partial charge in [-0.25, -0.2) is 0 Å². The number of aryl methyl sites for hydroxylation is 2. The molecule has 269 valence electrons. The molecular formula is C44H50BCl2N2O2Zr. The van der Waals surface area contributed by atoms with Gasteiger partial charge in [-0.3, -0.25) is 9.59 Å². The molecule has 0 aromatic heterocycles. The Morgan fingerprint density at radius 2 is 0.981 bits per heavy atom. The first-order valence-corrected chi connectivity index (χ1v) is 24.4. The Bertz CT molecular complexity index is 1830. The van der Waals surface area contributed by atoms with E-state index in [0.29, 0.717) is 24.7 Å². The van der Waals surface area contributed by atoms with Gasteiger partial charge in [0.25, 0.3) is 0 Å². The number of nitrogens with one attached hydrogen (secondary N) is 2. The van der Waals surface area contributed by atoms with Crippen molar-refractivity contribution >= 4 is 58.9 Å². The molecule has 0 saturated heterocycles. The van der Waals surface area contributed by atoms with E-state index >= 15 is 0 Å². The summed E-state index contributed by atoms with van der Waals surface area (Å²) < 4.78 is 0. The summed E-state index contributed by atoms with van der Waals surface area (Å²) in [6.45, 7) is 13.6. The Morgan fingerprint density at radius 1 is 0.615 bits per heavy atom. The van der Waals surface area contributed by atoms with E-state index in [0.717, 1.165) is 20.4 Å². The molecule has 1 radical (unpaired) electrons. The van der Waals surface area contributed by atoms with Crippen molar-refractivity contribution in [2.75, 3.05) is 0 Å². The van der Waals surface area contributed by atoms with E-state index in [1.807, 2.05) is 0 Å². The summed E-state index contributed by atoms with van der Waals surface area (Å²) in [5, 5.41) is 9.73. The molecule has 4 nitrogen and oxygen atoms in total. The minimum absolute atomic E-state index is 0.455. The van der Waals surface area contributed by atoms with Crippen LogP contribution in [0.3, 0.4) is 0 Å². The first-order valence-electron chi connectivity index (χ1n) is 18.0. The SMILES string of the molecule is CCc1ccccc1-c1cccc2[cH-]c(C(C)CC)cc12.CCc1ccccc1-c1cccc2[cH-]c(C(C)CC)cc12.O=CN[B]NC=O.[Cl][Zr+2][Cl]. The molecule has 0 spiro atoms. The number of benzene rings is 4. The van der Waals surface area contributed by atoms with Gasteiger partial charge >= 0.3 is 45.4 Å². The third-order valence-electron chi connectivity index (χ3n) is 9.59. The maximum absolute atomic E-state index is 9.38. The number of amides is 2. The number of hydrogen-bond donors (Lipinski definition) is 2. The zero-order chi connectivity index (χ0) is 37.9. The van der Waals surface area contributed by atoms with E-state index in [9.17, 15) is 9.59 Å². The number of carbonyl (C=O) groups is 2. The van der Waals surface area contributed by atoms with Gasteiger partial charge in [-0.15, -0.1) is 69.1 Å². The second kappa shape index (κ2) is 23.3. The topological polar surface area (TPSA) is 58.2 Å². The molecule has 6 aromatic carbocycles. The van der Waals surface area contributed by atoms with Gasteiger partial charge in [0.05, 0.1) is 0 Å². The monoisotopic (exact) mass is 809 g/mol. The number of hydrogen-bond acceptors (Lipinski definition) is 2. The molecule has 2 amide bonds. The van der Waals surface area contributed by atoms with Crippen molar-refractivity contribution in [3.8, 4) is 22.3 Å². The van der Waals surface area contributed by atoms with Crippen LogP contribution in [0.2, 0.25) is 0 Å². The molecule has 0 fully saturated rings. The van der Waals surface area contributed by atoms with Gasteiger partial charge in [0.2, 0.25) is 0 Å². The molecule has 0 aliphatic heterocycles. The zero-order valence-corrected chi connectivity index (χ0v) is 35.1. The predicted molar refractivity (Wildman–Crippen MR) is 222 cm³/mol. The van der Waals surface area contributed by atoms with Crippen LogP contribution in [0, 0.1) is 0 Å². The number of fused-ring (bicyclic) bond motifs is 2. The summed E-state index contributed by atoms with van der Waals surface area (Å²) in [4.78, 5) is 18.8. The number of rotatable bonds is 12. The third-order valence-corrected chi connectivity index (χ3v) is 9.59. The van der Waals surface area contributed by atoms with E-state index in [2.05, 4.69) is 161 Å². The zero-order valence-electron chi connectivity index (χ0n) is 31.2. The van der Waals surface area contributed by atoms with Gasteiger partial charge in [0, 0.05) is 0 Å². The van der Waals surface area contributed by atoms with Crippen LogP contribution in [0.4, 0.5) is 0 Å². The molecule has 8 heteroatoms. The van der Waals surface area contributed by atoms with Crippen molar-refractivity contribution in [2.45, 2.75) is 79.1 Å². The minimum atomic E-state index is -0.826. The average molecular weight is 812 g/mol. The van der Waals surface area contributed by atoms with Gasteiger partial charge < -0.3 is 10.5 Å². The summed E-state index contributed by atoms with van der Waals surface area (Å²) in [5.74, 6) is 1.26. The Labute approximate surface area is 330 Å². The Balaban J connectivity index is 0.000000224. The van der Waals surface area contributed by atoms with Crippen molar-refractivity contribution in [3.05, 3.63) is 131 Å². The molecule has 6 aromatic rings. The molecule has 2 atom stereocenters. The van der Waals surface area contributed by atoms with Crippen LogP contribution in [0.1, 0.15) is 88.5 Å². The molecule has 52 heavy (non-hydrogen) atoms. The number of halogens is 2. The first-order chi connectivity index (χ1) is 25.3. The van der Waals surface area contributed by atoms with Crippen molar-refractivity contribution in [3.63, 3.8) is 0 Å². The molecule has 2 unspecified atom stereocenters. The molecule has 0 aliphatic rings. The second-order valence-electron chi connectivity index (χ2n) is 12.6. The van der Waals surface area contributed by atoms with Crippen LogP contribution >= 0.6 is 17.0 Å². The fourth-order valence-electron chi connectivity index (χ4n) is 6.32. The van der Waals surface area contributed by atoms with Crippen molar-refractivity contribution in [2.24, 2.45) is 0 Å². The van der Waals surface area contributed by atoms with Crippen LogP contribution in [0.15, 0.2) is 109 Å². The third kappa shape index (κ3) is 11.8. The molecular weight excluding hydrogens is 761 g/mol. The molecule has 0 saturated carbocycles. The van der Waals surface area contributed by atoms with Crippen LogP contribution in [0.5, 0.6) is 0 Å². The first kappa shape index (κ1) is 43.0. The summed E-state index contributed by atoms with van der Waals surface area (Å²) in [7, 11) is 11.0. The Hall–Kier alpha value is -3.43. The van der Waals surface area contributed by atoms with E-state index in [-0.39, 0.29) is 0 Å². The van der Waals surface area contributed by atoms with E-state index < -0.39 is 20.8 Å². The predicted octanol–water partition coefficient (Wildman–Crippen LogP) is 12.0. The van der Waals surface area contributed by atoms with Crippen molar-refractivity contribution < 1.29 is 30.4 Å². The Kier molecular flexibility index (Phi) is 19.2. The van der Waals surface area contributed by atoms with Crippen LogP contribution in [-0.2, 0) is 43.3 Å². The molecule has 0 aliphatic carbocycles.